The molecule has 2 aliphatic rings. The SMILES string of the molecule is Cl.O=C1c2ccc(N3CCNCC3)cc2C(=O)N1c1ccc(=O)[nH]c1. The van der Waals surface area contributed by atoms with Gasteiger partial charge in [-0.15, -0.1) is 12.4 Å². The molecule has 25 heavy (non-hydrogen) atoms. The fourth-order valence-electron chi connectivity index (χ4n) is 3.12. The number of halogens is 1. The molecule has 2 aromatic rings. The highest BCUT2D eigenvalue weighted by atomic mass is 35.5. The predicted octanol–water partition coefficient (Wildman–Crippen LogP) is 1.01. The first-order chi connectivity index (χ1) is 11.6. The molecule has 130 valence electrons. The molecule has 8 heteroatoms. The summed E-state index contributed by atoms with van der Waals surface area (Å²) in [6.45, 7) is 3.52. The number of H-pyrrole nitrogens is 1. The van der Waals surface area contributed by atoms with Crippen LogP contribution in [0.2, 0.25) is 0 Å². The van der Waals surface area contributed by atoms with Crippen molar-refractivity contribution in [2.24, 2.45) is 0 Å². The van der Waals surface area contributed by atoms with E-state index in [4.69, 9.17) is 0 Å². The summed E-state index contributed by atoms with van der Waals surface area (Å²) in [6, 6.07) is 8.14. The fraction of sp³-hybridized carbons (Fsp3) is 0.235. The number of amides is 2. The van der Waals surface area contributed by atoms with E-state index in [1.165, 1.54) is 18.3 Å². The summed E-state index contributed by atoms with van der Waals surface area (Å²) in [5, 5.41) is 3.29. The maximum absolute atomic E-state index is 12.7. The van der Waals surface area contributed by atoms with Crippen LogP contribution in [0.3, 0.4) is 0 Å². The van der Waals surface area contributed by atoms with Gasteiger partial charge in [0.15, 0.2) is 0 Å². The standard InChI is InChI=1S/C17H16N4O3.ClH/c22-15-4-2-12(10-19-15)21-16(23)13-3-1-11(9-14(13)17(21)24)20-7-5-18-6-8-20;/h1-4,9-10,18H,5-8H2,(H,19,22);1H. The number of imide groups is 1. The summed E-state index contributed by atoms with van der Waals surface area (Å²) in [6.07, 6.45) is 1.38. The topological polar surface area (TPSA) is 85.5 Å². The molecule has 2 N–H and O–H groups in total. The highest BCUT2D eigenvalue weighted by Crippen LogP contribution is 2.30. The second kappa shape index (κ2) is 6.70. The van der Waals surface area contributed by atoms with Crippen molar-refractivity contribution in [2.45, 2.75) is 0 Å². The Hall–Kier alpha value is -2.64. The molecule has 0 saturated carbocycles. The summed E-state index contributed by atoms with van der Waals surface area (Å²) in [5.41, 5.74) is 1.83. The largest absolute Gasteiger partial charge is 0.369 e. The van der Waals surface area contributed by atoms with Gasteiger partial charge in [-0.25, -0.2) is 4.90 Å². The Labute approximate surface area is 150 Å². The van der Waals surface area contributed by atoms with Crippen LogP contribution in [0.25, 0.3) is 0 Å². The lowest BCUT2D eigenvalue weighted by Gasteiger charge is -2.29. The molecule has 1 aromatic carbocycles. The average Bonchev–Trinajstić information content (AvgIpc) is 2.87. The maximum atomic E-state index is 12.7. The van der Waals surface area contributed by atoms with E-state index in [1.54, 1.807) is 12.1 Å². The molecular formula is C17H17ClN4O3. The lowest BCUT2D eigenvalue weighted by atomic mass is 10.1. The van der Waals surface area contributed by atoms with Gasteiger partial charge in [0, 0.05) is 44.1 Å². The zero-order valence-electron chi connectivity index (χ0n) is 13.3. The number of carbonyl (C=O) groups is 2. The van der Waals surface area contributed by atoms with Crippen LogP contribution in [0.15, 0.2) is 41.3 Å². The number of aromatic amines is 1. The number of fused-ring (bicyclic) bond motifs is 1. The van der Waals surface area contributed by atoms with Crippen LogP contribution in [0.5, 0.6) is 0 Å². The molecule has 0 spiro atoms. The molecule has 1 aromatic heterocycles. The lowest BCUT2D eigenvalue weighted by molar-refractivity contribution is 0.0926. The van der Waals surface area contributed by atoms with E-state index >= 15 is 0 Å². The molecule has 0 bridgehead atoms. The number of hydrogen-bond acceptors (Lipinski definition) is 5. The number of rotatable bonds is 2. The van der Waals surface area contributed by atoms with E-state index in [9.17, 15) is 14.4 Å². The van der Waals surface area contributed by atoms with E-state index in [0.717, 1.165) is 36.8 Å². The normalized spacial score (nSPS) is 16.6. The Morgan fingerprint density at radius 1 is 0.840 bits per heavy atom. The number of nitrogens with one attached hydrogen (secondary N) is 2. The van der Waals surface area contributed by atoms with Gasteiger partial charge in [-0.3, -0.25) is 14.4 Å². The average molecular weight is 361 g/mol. The number of nitrogens with zero attached hydrogens (tertiary/aromatic N) is 2. The summed E-state index contributed by atoms with van der Waals surface area (Å²) in [4.78, 5) is 42.2. The van der Waals surface area contributed by atoms with Crippen LogP contribution >= 0.6 is 12.4 Å². The van der Waals surface area contributed by atoms with Crippen molar-refractivity contribution in [3.8, 4) is 0 Å². The monoisotopic (exact) mass is 360 g/mol. The first-order valence-electron chi connectivity index (χ1n) is 7.82. The van der Waals surface area contributed by atoms with E-state index in [0.29, 0.717) is 16.8 Å². The number of benzene rings is 1. The van der Waals surface area contributed by atoms with Gasteiger partial charge in [0.05, 0.1) is 16.8 Å². The van der Waals surface area contributed by atoms with Crippen LogP contribution in [0.4, 0.5) is 11.4 Å². The Morgan fingerprint density at radius 3 is 2.20 bits per heavy atom. The summed E-state index contributed by atoms with van der Waals surface area (Å²) >= 11 is 0. The number of aromatic nitrogens is 1. The van der Waals surface area contributed by atoms with Gasteiger partial charge in [-0.2, -0.15) is 0 Å². The number of carbonyl (C=O) groups excluding carboxylic acids is 2. The minimum Gasteiger partial charge on any atom is -0.369 e. The van der Waals surface area contributed by atoms with Crippen molar-refractivity contribution < 1.29 is 9.59 Å². The molecule has 3 heterocycles. The minimum absolute atomic E-state index is 0. The van der Waals surface area contributed by atoms with Crippen molar-refractivity contribution in [2.75, 3.05) is 36.0 Å². The molecule has 0 radical (unpaired) electrons. The maximum Gasteiger partial charge on any atom is 0.266 e. The van der Waals surface area contributed by atoms with Crippen molar-refractivity contribution in [1.29, 1.82) is 0 Å². The molecule has 0 aliphatic carbocycles. The molecule has 0 unspecified atom stereocenters. The van der Waals surface area contributed by atoms with E-state index in [1.807, 2.05) is 6.07 Å². The third kappa shape index (κ3) is 2.92. The van der Waals surface area contributed by atoms with Crippen molar-refractivity contribution >= 4 is 35.6 Å². The van der Waals surface area contributed by atoms with Gasteiger partial charge >= 0.3 is 0 Å². The molecular weight excluding hydrogens is 344 g/mol. The number of pyridine rings is 1. The molecule has 2 amide bonds. The Morgan fingerprint density at radius 2 is 1.52 bits per heavy atom. The van der Waals surface area contributed by atoms with Gasteiger partial charge in [0.25, 0.3) is 11.8 Å². The first kappa shape index (κ1) is 17.2. The van der Waals surface area contributed by atoms with Gasteiger partial charge in [-0.05, 0) is 24.3 Å². The van der Waals surface area contributed by atoms with Gasteiger partial charge in [0.1, 0.15) is 0 Å². The molecule has 7 nitrogen and oxygen atoms in total. The molecule has 4 rings (SSSR count). The Balaban J connectivity index is 0.00000182. The van der Waals surface area contributed by atoms with Crippen molar-refractivity contribution in [1.82, 2.24) is 10.3 Å². The predicted molar refractivity (Wildman–Crippen MR) is 97.0 cm³/mol. The van der Waals surface area contributed by atoms with Crippen LogP contribution in [0, 0.1) is 0 Å². The van der Waals surface area contributed by atoms with Crippen LogP contribution in [0.1, 0.15) is 20.7 Å². The van der Waals surface area contributed by atoms with Gasteiger partial charge in [-0.1, -0.05) is 0 Å². The van der Waals surface area contributed by atoms with E-state index in [2.05, 4.69) is 15.2 Å². The van der Waals surface area contributed by atoms with Crippen LogP contribution in [-0.2, 0) is 0 Å². The molecule has 2 aliphatic heterocycles. The zero-order valence-corrected chi connectivity index (χ0v) is 14.1. The van der Waals surface area contributed by atoms with Crippen LogP contribution in [-0.4, -0.2) is 43.0 Å². The second-order valence-corrected chi connectivity index (χ2v) is 5.82. The zero-order chi connectivity index (χ0) is 16.7. The lowest BCUT2D eigenvalue weighted by Crippen LogP contribution is -2.43. The highest BCUT2D eigenvalue weighted by molar-refractivity contribution is 6.34. The van der Waals surface area contributed by atoms with Crippen LogP contribution < -0.4 is 20.7 Å². The van der Waals surface area contributed by atoms with Gasteiger partial charge in [0.2, 0.25) is 5.56 Å². The second-order valence-electron chi connectivity index (χ2n) is 5.82. The summed E-state index contributed by atoms with van der Waals surface area (Å²) < 4.78 is 0. The summed E-state index contributed by atoms with van der Waals surface area (Å²) in [7, 11) is 0. The number of anilines is 2. The highest BCUT2D eigenvalue weighted by Gasteiger charge is 2.37. The fourth-order valence-corrected chi connectivity index (χ4v) is 3.12. The number of hydrogen-bond donors (Lipinski definition) is 2. The van der Waals surface area contributed by atoms with Gasteiger partial charge < -0.3 is 15.2 Å². The van der Waals surface area contributed by atoms with E-state index < -0.39 is 0 Å². The molecule has 0 atom stereocenters. The smallest absolute Gasteiger partial charge is 0.266 e. The summed E-state index contributed by atoms with van der Waals surface area (Å²) in [5.74, 6) is -0.729. The molecule has 1 fully saturated rings. The Kier molecular flexibility index (Phi) is 4.61. The molecule has 1 saturated heterocycles. The quantitative estimate of drug-likeness (QED) is 0.781. The Bertz CT molecular complexity index is 869. The third-order valence-electron chi connectivity index (χ3n) is 4.38. The number of piperazine rings is 1. The van der Waals surface area contributed by atoms with E-state index in [-0.39, 0.29) is 29.8 Å². The van der Waals surface area contributed by atoms with Crippen molar-refractivity contribution in [3.05, 3.63) is 58.0 Å². The minimum atomic E-state index is -0.367. The third-order valence-corrected chi connectivity index (χ3v) is 4.38. The first-order valence-corrected chi connectivity index (χ1v) is 7.82. The van der Waals surface area contributed by atoms with Crippen molar-refractivity contribution in [3.63, 3.8) is 0 Å².